The van der Waals surface area contributed by atoms with E-state index in [-0.39, 0.29) is 11.8 Å². The molecule has 2 saturated heterocycles. The Morgan fingerprint density at radius 3 is 2.46 bits per heavy atom. The number of carbonyl (C=O) groups is 2. The standard InChI is InChI=1S/C18H19ClN4O2S/c19-18-21-11-13(26-18)10-20-14-6-5-12(22-7-1-3-16(22)24)9-15(14)23-8-2-4-17(23)25/h5-6,9,11,20H,1-4,7-8,10H2. The van der Waals surface area contributed by atoms with E-state index in [1.54, 1.807) is 11.1 Å². The monoisotopic (exact) mass is 390 g/mol. The van der Waals surface area contributed by atoms with E-state index in [1.165, 1.54) is 11.3 Å². The van der Waals surface area contributed by atoms with Crippen LogP contribution in [-0.2, 0) is 16.1 Å². The molecule has 1 aromatic heterocycles. The van der Waals surface area contributed by atoms with E-state index in [0.717, 1.165) is 41.3 Å². The Labute approximate surface area is 160 Å². The van der Waals surface area contributed by atoms with E-state index in [4.69, 9.17) is 11.6 Å². The van der Waals surface area contributed by atoms with Crippen LogP contribution in [0.2, 0.25) is 4.47 Å². The zero-order valence-corrected chi connectivity index (χ0v) is 15.8. The Hall–Kier alpha value is -2.12. The first kappa shape index (κ1) is 17.3. The number of thiazole rings is 1. The summed E-state index contributed by atoms with van der Waals surface area (Å²) in [6.45, 7) is 2.02. The summed E-state index contributed by atoms with van der Waals surface area (Å²) >= 11 is 7.32. The minimum Gasteiger partial charge on any atom is -0.378 e. The number of nitrogens with one attached hydrogen (secondary N) is 1. The second-order valence-corrected chi connectivity index (χ2v) is 8.13. The van der Waals surface area contributed by atoms with Crippen molar-refractivity contribution >= 4 is 51.8 Å². The molecule has 1 N–H and O–H groups in total. The number of nitrogens with zero attached hydrogens (tertiary/aromatic N) is 3. The third-order valence-electron chi connectivity index (χ3n) is 4.71. The van der Waals surface area contributed by atoms with E-state index in [1.807, 2.05) is 23.1 Å². The van der Waals surface area contributed by atoms with Gasteiger partial charge in [0.2, 0.25) is 11.8 Å². The van der Waals surface area contributed by atoms with Crippen LogP contribution < -0.4 is 15.1 Å². The SMILES string of the molecule is O=C1CCCN1c1ccc(NCc2cnc(Cl)s2)c(N2CCCC2=O)c1. The van der Waals surface area contributed by atoms with Crippen molar-refractivity contribution in [3.8, 4) is 0 Å². The summed E-state index contributed by atoms with van der Waals surface area (Å²) in [5.41, 5.74) is 2.56. The fourth-order valence-electron chi connectivity index (χ4n) is 3.43. The minimum absolute atomic E-state index is 0.124. The summed E-state index contributed by atoms with van der Waals surface area (Å²) in [5.74, 6) is 0.266. The van der Waals surface area contributed by atoms with Crippen molar-refractivity contribution in [1.29, 1.82) is 0 Å². The van der Waals surface area contributed by atoms with Crippen molar-refractivity contribution in [1.82, 2.24) is 4.98 Å². The molecule has 4 rings (SSSR count). The van der Waals surface area contributed by atoms with E-state index in [0.29, 0.717) is 30.4 Å². The Bertz CT molecular complexity index is 853. The van der Waals surface area contributed by atoms with Gasteiger partial charge in [-0.1, -0.05) is 11.6 Å². The number of halogens is 1. The van der Waals surface area contributed by atoms with Crippen molar-refractivity contribution < 1.29 is 9.59 Å². The Morgan fingerprint density at radius 2 is 1.85 bits per heavy atom. The van der Waals surface area contributed by atoms with Gasteiger partial charge in [-0.05, 0) is 31.0 Å². The molecular weight excluding hydrogens is 372 g/mol. The van der Waals surface area contributed by atoms with Crippen LogP contribution in [0.3, 0.4) is 0 Å². The molecule has 2 aromatic rings. The molecule has 0 spiro atoms. The van der Waals surface area contributed by atoms with Gasteiger partial charge < -0.3 is 15.1 Å². The molecule has 2 aliphatic rings. The number of rotatable bonds is 5. The maximum absolute atomic E-state index is 12.3. The normalized spacial score (nSPS) is 17.4. The van der Waals surface area contributed by atoms with Gasteiger partial charge in [-0.15, -0.1) is 11.3 Å². The van der Waals surface area contributed by atoms with E-state index in [9.17, 15) is 9.59 Å². The number of carbonyl (C=O) groups excluding carboxylic acids is 2. The van der Waals surface area contributed by atoms with Crippen molar-refractivity contribution in [2.75, 3.05) is 28.2 Å². The molecule has 0 radical (unpaired) electrons. The van der Waals surface area contributed by atoms with Gasteiger partial charge in [0.05, 0.1) is 17.9 Å². The number of benzene rings is 1. The zero-order valence-electron chi connectivity index (χ0n) is 14.2. The lowest BCUT2D eigenvalue weighted by atomic mass is 10.2. The molecule has 0 saturated carbocycles. The van der Waals surface area contributed by atoms with Crippen LogP contribution in [0.5, 0.6) is 0 Å². The van der Waals surface area contributed by atoms with Crippen LogP contribution in [0, 0.1) is 0 Å². The fourth-order valence-corrected chi connectivity index (χ4v) is 4.35. The minimum atomic E-state index is 0.124. The smallest absolute Gasteiger partial charge is 0.227 e. The highest BCUT2D eigenvalue weighted by Gasteiger charge is 2.27. The first-order valence-corrected chi connectivity index (χ1v) is 9.90. The highest BCUT2D eigenvalue weighted by atomic mass is 35.5. The third kappa shape index (κ3) is 3.41. The van der Waals surface area contributed by atoms with Crippen LogP contribution >= 0.6 is 22.9 Å². The first-order chi connectivity index (χ1) is 12.6. The van der Waals surface area contributed by atoms with Gasteiger partial charge in [0, 0.05) is 42.7 Å². The van der Waals surface area contributed by atoms with E-state index in [2.05, 4.69) is 10.3 Å². The summed E-state index contributed by atoms with van der Waals surface area (Å²) in [6, 6.07) is 5.84. The van der Waals surface area contributed by atoms with Crippen LogP contribution in [0.15, 0.2) is 24.4 Å². The summed E-state index contributed by atoms with van der Waals surface area (Å²) in [6.07, 6.45) is 4.64. The molecule has 0 bridgehead atoms. The average molecular weight is 391 g/mol. The van der Waals surface area contributed by atoms with E-state index < -0.39 is 0 Å². The maximum atomic E-state index is 12.3. The molecule has 26 heavy (non-hydrogen) atoms. The maximum Gasteiger partial charge on any atom is 0.227 e. The lowest BCUT2D eigenvalue weighted by Crippen LogP contribution is -2.27. The molecule has 0 unspecified atom stereocenters. The fraction of sp³-hybridized carbons (Fsp3) is 0.389. The Balaban J connectivity index is 1.63. The zero-order chi connectivity index (χ0) is 18.1. The van der Waals surface area contributed by atoms with Gasteiger partial charge in [-0.25, -0.2) is 4.98 Å². The second kappa shape index (κ2) is 7.25. The Kier molecular flexibility index (Phi) is 4.82. The van der Waals surface area contributed by atoms with Crippen LogP contribution in [0.1, 0.15) is 30.6 Å². The van der Waals surface area contributed by atoms with Crippen LogP contribution in [-0.4, -0.2) is 29.9 Å². The number of aromatic nitrogens is 1. The second-order valence-electron chi connectivity index (χ2n) is 6.43. The number of hydrogen-bond acceptors (Lipinski definition) is 5. The summed E-state index contributed by atoms with van der Waals surface area (Å²) in [5, 5.41) is 3.38. The molecule has 2 amide bonds. The highest BCUT2D eigenvalue weighted by Crippen LogP contribution is 2.35. The summed E-state index contributed by atoms with van der Waals surface area (Å²) < 4.78 is 0.514. The lowest BCUT2D eigenvalue weighted by Gasteiger charge is -2.24. The quantitative estimate of drug-likeness (QED) is 0.846. The number of hydrogen-bond donors (Lipinski definition) is 1. The first-order valence-electron chi connectivity index (χ1n) is 8.71. The van der Waals surface area contributed by atoms with Gasteiger partial charge >= 0.3 is 0 Å². The molecule has 6 nitrogen and oxygen atoms in total. The predicted octanol–water partition coefficient (Wildman–Crippen LogP) is 3.66. The van der Waals surface area contributed by atoms with Crippen LogP contribution in [0.25, 0.3) is 0 Å². The van der Waals surface area contributed by atoms with Gasteiger partial charge in [-0.3, -0.25) is 9.59 Å². The molecule has 0 atom stereocenters. The molecule has 2 aliphatic heterocycles. The number of anilines is 3. The van der Waals surface area contributed by atoms with E-state index >= 15 is 0 Å². The van der Waals surface area contributed by atoms with Crippen molar-refractivity contribution in [3.05, 3.63) is 33.7 Å². The number of amides is 2. The third-order valence-corrected chi connectivity index (χ3v) is 5.82. The molecule has 2 fully saturated rings. The average Bonchev–Trinajstić information content (AvgIpc) is 3.35. The van der Waals surface area contributed by atoms with Crippen molar-refractivity contribution in [2.24, 2.45) is 0 Å². The molecule has 0 aliphatic carbocycles. The highest BCUT2D eigenvalue weighted by molar-refractivity contribution is 7.15. The van der Waals surface area contributed by atoms with Gasteiger partial charge in [0.15, 0.2) is 4.47 Å². The topological polar surface area (TPSA) is 65.5 Å². The van der Waals surface area contributed by atoms with Gasteiger partial charge in [-0.2, -0.15) is 0 Å². The molecule has 3 heterocycles. The molecule has 8 heteroatoms. The summed E-state index contributed by atoms with van der Waals surface area (Å²) in [4.78, 5) is 33.1. The lowest BCUT2D eigenvalue weighted by molar-refractivity contribution is -0.117. The van der Waals surface area contributed by atoms with Crippen molar-refractivity contribution in [2.45, 2.75) is 32.2 Å². The Morgan fingerprint density at radius 1 is 1.12 bits per heavy atom. The van der Waals surface area contributed by atoms with Crippen LogP contribution in [0.4, 0.5) is 17.1 Å². The summed E-state index contributed by atoms with van der Waals surface area (Å²) in [7, 11) is 0. The molecular formula is C18H19ClN4O2S. The largest absolute Gasteiger partial charge is 0.378 e. The van der Waals surface area contributed by atoms with Gasteiger partial charge in [0.25, 0.3) is 0 Å². The van der Waals surface area contributed by atoms with Crippen molar-refractivity contribution in [3.63, 3.8) is 0 Å². The molecule has 136 valence electrons. The molecule has 1 aromatic carbocycles. The predicted molar refractivity (Wildman–Crippen MR) is 104 cm³/mol. The van der Waals surface area contributed by atoms with Gasteiger partial charge in [0.1, 0.15) is 0 Å².